The summed E-state index contributed by atoms with van der Waals surface area (Å²) < 4.78 is 13.0. The molecule has 4 aromatic rings. The lowest BCUT2D eigenvalue weighted by atomic mass is 9.74. The van der Waals surface area contributed by atoms with Crippen LogP contribution in [0.4, 0.5) is 0 Å². The SMILES string of the molecule is CC1(C)c2ccccc2-c2c(-c3cccc4c3-c3cccc(B5OC(C)(C)C(C)(C)O5)c3C4)cccc21. The van der Waals surface area contributed by atoms with E-state index in [0.717, 1.165) is 11.9 Å². The minimum absolute atomic E-state index is 0.0122. The first-order valence-corrected chi connectivity index (χ1v) is 13.4. The average molecular weight is 484 g/mol. The zero-order valence-electron chi connectivity index (χ0n) is 22.6. The molecule has 1 saturated heterocycles. The van der Waals surface area contributed by atoms with Gasteiger partial charge in [0, 0.05) is 5.41 Å². The molecular formula is C34H33BO2. The molecule has 2 aliphatic carbocycles. The molecule has 0 unspecified atom stereocenters. The summed E-state index contributed by atoms with van der Waals surface area (Å²) in [6, 6.07) is 29.2. The molecule has 0 aromatic heterocycles. The largest absolute Gasteiger partial charge is 0.495 e. The molecular weight excluding hydrogens is 451 g/mol. The number of hydrogen-bond acceptors (Lipinski definition) is 2. The highest BCUT2D eigenvalue weighted by atomic mass is 16.7. The Kier molecular flexibility index (Phi) is 4.64. The summed E-state index contributed by atoms with van der Waals surface area (Å²) in [5.74, 6) is 0. The number of benzene rings is 4. The van der Waals surface area contributed by atoms with Gasteiger partial charge in [-0.1, -0.05) is 92.7 Å². The fourth-order valence-electron chi connectivity index (χ4n) is 6.69. The minimum atomic E-state index is -0.359. The van der Waals surface area contributed by atoms with E-state index in [2.05, 4.69) is 120 Å². The molecule has 4 aromatic carbocycles. The van der Waals surface area contributed by atoms with Gasteiger partial charge in [0.2, 0.25) is 0 Å². The molecule has 0 spiro atoms. The normalized spacial score (nSPS) is 19.4. The second kappa shape index (κ2) is 7.46. The first-order valence-electron chi connectivity index (χ1n) is 13.4. The van der Waals surface area contributed by atoms with Gasteiger partial charge >= 0.3 is 7.12 Å². The van der Waals surface area contributed by atoms with Crippen molar-refractivity contribution >= 4 is 12.6 Å². The van der Waals surface area contributed by atoms with Crippen LogP contribution < -0.4 is 5.46 Å². The van der Waals surface area contributed by atoms with Crippen molar-refractivity contribution in [3.63, 3.8) is 0 Å². The molecule has 2 nitrogen and oxygen atoms in total. The van der Waals surface area contributed by atoms with Gasteiger partial charge in [-0.3, -0.25) is 0 Å². The number of hydrogen-bond donors (Lipinski definition) is 0. The zero-order valence-corrected chi connectivity index (χ0v) is 22.6. The van der Waals surface area contributed by atoms with Gasteiger partial charge in [0.05, 0.1) is 11.2 Å². The van der Waals surface area contributed by atoms with Gasteiger partial charge < -0.3 is 9.31 Å². The summed E-state index contributed by atoms with van der Waals surface area (Å²) in [7, 11) is -0.355. The number of fused-ring (bicyclic) bond motifs is 6. The van der Waals surface area contributed by atoms with Crippen molar-refractivity contribution in [3.05, 3.63) is 101 Å². The molecule has 1 heterocycles. The first kappa shape index (κ1) is 23.0. The van der Waals surface area contributed by atoms with Crippen molar-refractivity contribution in [2.24, 2.45) is 0 Å². The third kappa shape index (κ3) is 3.08. The Balaban J connectivity index is 1.41. The zero-order chi connectivity index (χ0) is 25.7. The van der Waals surface area contributed by atoms with Crippen LogP contribution in [0.2, 0.25) is 0 Å². The molecule has 1 aliphatic heterocycles. The van der Waals surface area contributed by atoms with E-state index in [1.165, 1.54) is 55.6 Å². The Bertz CT molecular complexity index is 1580. The summed E-state index contributed by atoms with van der Waals surface area (Å²) in [5, 5.41) is 0. The first-order chi connectivity index (χ1) is 17.6. The van der Waals surface area contributed by atoms with E-state index in [1.807, 2.05) is 0 Å². The molecule has 3 heteroatoms. The number of rotatable bonds is 2. The quantitative estimate of drug-likeness (QED) is 0.241. The molecule has 0 atom stereocenters. The van der Waals surface area contributed by atoms with E-state index in [1.54, 1.807) is 0 Å². The summed E-state index contributed by atoms with van der Waals surface area (Å²) in [6.07, 6.45) is 0.899. The van der Waals surface area contributed by atoms with Gasteiger partial charge in [0.25, 0.3) is 0 Å². The van der Waals surface area contributed by atoms with Crippen LogP contribution >= 0.6 is 0 Å². The summed E-state index contributed by atoms with van der Waals surface area (Å²) in [6.45, 7) is 13.2. The lowest BCUT2D eigenvalue weighted by molar-refractivity contribution is 0.00578. The average Bonchev–Trinajstić information content (AvgIpc) is 3.44. The molecule has 0 N–H and O–H groups in total. The van der Waals surface area contributed by atoms with E-state index >= 15 is 0 Å². The highest BCUT2D eigenvalue weighted by Gasteiger charge is 2.52. The van der Waals surface area contributed by atoms with Gasteiger partial charge in [0.1, 0.15) is 0 Å². The topological polar surface area (TPSA) is 18.5 Å². The van der Waals surface area contributed by atoms with Crippen molar-refractivity contribution in [1.82, 2.24) is 0 Å². The van der Waals surface area contributed by atoms with Crippen LogP contribution in [-0.2, 0) is 21.1 Å². The Morgan fingerprint density at radius 2 is 1.14 bits per heavy atom. The van der Waals surface area contributed by atoms with Crippen LogP contribution in [-0.4, -0.2) is 18.3 Å². The predicted molar refractivity (Wildman–Crippen MR) is 153 cm³/mol. The third-order valence-electron chi connectivity index (χ3n) is 9.40. The Morgan fingerprint density at radius 3 is 1.89 bits per heavy atom. The fraction of sp³-hybridized carbons (Fsp3) is 0.294. The molecule has 184 valence electrons. The standard InChI is InChI=1S/C34H33BO2/c1-32(2)27-17-8-7-13-25(27)31-23(15-10-18-28(31)32)22-14-9-12-21-20-26-24(30(21)22)16-11-19-29(26)35-36-33(3,4)34(5,6)37-35/h7-19H,20H2,1-6H3. The van der Waals surface area contributed by atoms with Crippen LogP contribution in [0.15, 0.2) is 78.9 Å². The van der Waals surface area contributed by atoms with E-state index in [9.17, 15) is 0 Å². The second-order valence-corrected chi connectivity index (χ2v) is 12.4. The summed E-state index contributed by atoms with van der Waals surface area (Å²) in [4.78, 5) is 0. The summed E-state index contributed by atoms with van der Waals surface area (Å²) in [5.41, 5.74) is 14.0. The molecule has 0 amide bonds. The van der Waals surface area contributed by atoms with Crippen molar-refractivity contribution in [2.45, 2.75) is 64.6 Å². The third-order valence-corrected chi connectivity index (χ3v) is 9.40. The van der Waals surface area contributed by atoms with Crippen LogP contribution in [0.1, 0.15) is 63.8 Å². The molecule has 7 rings (SSSR count). The van der Waals surface area contributed by atoms with Gasteiger partial charge in [0.15, 0.2) is 0 Å². The van der Waals surface area contributed by atoms with E-state index < -0.39 is 0 Å². The van der Waals surface area contributed by atoms with E-state index in [4.69, 9.17) is 9.31 Å². The Morgan fingerprint density at radius 1 is 0.568 bits per heavy atom. The van der Waals surface area contributed by atoms with E-state index in [0.29, 0.717) is 0 Å². The maximum absolute atomic E-state index is 6.49. The minimum Gasteiger partial charge on any atom is -0.399 e. The maximum Gasteiger partial charge on any atom is 0.495 e. The highest BCUT2D eigenvalue weighted by Crippen LogP contribution is 2.54. The van der Waals surface area contributed by atoms with Gasteiger partial charge in [-0.15, -0.1) is 0 Å². The highest BCUT2D eigenvalue weighted by molar-refractivity contribution is 6.63. The van der Waals surface area contributed by atoms with Gasteiger partial charge in [-0.25, -0.2) is 0 Å². The smallest absolute Gasteiger partial charge is 0.399 e. The monoisotopic (exact) mass is 484 g/mol. The van der Waals surface area contributed by atoms with Crippen LogP contribution in [0.5, 0.6) is 0 Å². The predicted octanol–water partition coefficient (Wildman–Crippen LogP) is 7.53. The Labute approximate surface area is 220 Å². The summed E-state index contributed by atoms with van der Waals surface area (Å²) >= 11 is 0. The molecule has 0 radical (unpaired) electrons. The maximum atomic E-state index is 6.49. The van der Waals surface area contributed by atoms with Crippen LogP contribution in [0, 0.1) is 0 Å². The van der Waals surface area contributed by atoms with Crippen molar-refractivity contribution < 1.29 is 9.31 Å². The molecule has 37 heavy (non-hydrogen) atoms. The molecule has 0 saturated carbocycles. The molecule has 1 fully saturated rings. The van der Waals surface area contributed by atoms with Gasteiger partial charge in [-0.05, 0) is 95.2 Å². The van der Waals surface area contributed by atoms with E-state index in [-0.39, 0.29) is 23.7 Å². The van der Waals surface area contributed by atoms with Gasteiger partial charge in [-0.2, -0.15) is 0 Å². The van der Waals surface area contributed by atoms with Crippen LogP contribution in [0.3, 0.4) is 0 Å². The van der Waals surface area contributed by atoms with Crippen molar-refractivity contribution in [3.8, 4) is 33.4 Å². The molecule has 3 aliphatic rings. The molecule has 0 bridgehead atoms. The lowest BCUT2D eigenvalue weighted by Crippen LogP contribution is -2.41. The van der Waals surface area contributed by atoms with Crippen LogP contribution in [0.25, 0.3) is 33.4 Å². The Hall–Kier alpha value is -3.14. The fourth-order valence-corrected chi connectivity index (χ4v) is 6.69. The van der Waals surface area contributed by atoms with Crippen molar-refractivity contribution in [2.75, 3.05) is 0 Å². The second-order valence-electron chi connectivity index (χ2n) is 12.4. The lowest BCUT2D eigenvalue weighted by Gasteiger charge is -2.32. The van der Waals surface area contributed by atoms with Crippen molar-refractivity contribution in [1.29, 1.82) is 0 Å².